The van der Waals surface area contributed by atoms with E-state index in [9.17, 15) is 5.26 Å². The number of thiophene rings is 1. The fourth-order valence-electron chi connectivity index (χ4n) is 5.54. The number of unbranched alkanes of at least 4 members (excludes halogenated alkanes) is 2. The summed E-state index contributed by atoms with van der Waals surface area (Å²) in [5, 5.41) is 9.45. The van der Waals surface area contributed by atoms with Crippen molar-refractivity contribution in [3.63, 3.8) is 0 Å². The van der Waals surface area contributed by atoms with Gasteiger partial charge in [-0.1, -0.05) is 64.8 Å². The lowest BCUT2D eigenvalue weighted by molar-refractivity contribution is 0.0952. The van der Waals surface area contributed by atoms with Crippen LogP contribution in [0.25, 0.3) is 27.9 Å². The highest BCUT2D eigenvalue weighted by molar-refractivity contribution is 7.14. The second-order valence-corrected chi connectivity index (χ2v) is 12.7. The molecule has 1 aliphatic heterocycles. The van der Waals surface area contributed by atoms with Gasteiger partial charge >= 0.3 is 0 Å². The third kappa shape index (κ3) is 8.31. The molecule has 0 aliphatic carbocycles. The summed E-state index contributed by atoms with van der Waals surface area (Å²) in [4.78, 5) is 12.0. The summed E-state index contributed by atoms with van der Waals surface area (Å²) in [5.41, 5.74) is 5.23. The van der Waals surface area contributed by atoms with Gasteiger partial charge in [-0.05, 0) is 93.3 Å². The quantitative estimate of drug-likeness (QED) is 0.150. The molecule has 1 aromatic carbocycles. The molecular weight excluding hydrogens is 561 g/mol. The fraction of sp³-hybridized carbons (Fsp3) is 0.447. The van der Waals surface area contributed by atoms with Crippen LogP contribution < -0.4 is 4.90 Å². The Morgan fingerprint density at radius 1 is 0.886 bits per heavy atom. The molecule has 0 amide bonds. The Bertz CT molecular complexity index is 1510. The molecule has 0 spiro atoms. The zero-order valence-electron chi connectivity index (χ0n) is 27.3. The van der Waals surface area contributed by atoms with Crippen molar-refractivity contribution in [2.24, 2.45) is 0 Å². The molecule has 0 radical (unpaired) electrons. The number of rotatable bonds is 15. The average Bonchev–Trinajstić information content (AvgIpc) is 3.48. The summed E-state index contributed by atoms with van der Waals surface area (Å²) in [5.74, 6) is 0.0883. The maximum Gasteiger partial charge on any atom is 0.292 e. The fourth-order valence-corrected chi connectivity index (χ4v) is 6.75. The van der Waals surface area contributed by atoms with Crippen LogP contribution in [0.1, 0.15) is 107 Å². The highest BCUT2D eigenvalue weighted by Crippen LogP contribution is 2.42. The second-order valence-electron chi connectivity index (χ2n) is 11.6. The Morgan fingerprint density at radius 3 is 1.93 bits per heavy atom. The van der Waals surface area contributed by atoms with Crippen LogP contribution in [0.3, 0.4) is 0 Å². The lowest BCUT2D eigenvalue weighted by atomic mass is 9.95. The van der Waals surface area contributed by atoms with E-state index in [-0.39, 0.29) is 17.2 Å². The zero-order valence-corrected chi connectivity index (χ0v) is 28.1. The Labute approximate surface area is 269 Å². The Kier molecular flexibility index (Phi) is 13.1. The summed E-state index contributed by atoms with van der Waals surface area (Å²) in [7, 11) is 0. The molecule has 3 rings (SSSR count). The van der Waals surface area contributed by atoms with Crippen molar-refractivity contribution in [2.45, 2.75) is 98.5 Å². The van der Waals surface area contributed by atoms with Crippen LogP contribution in [-0.2, 0) is 17.6 Å². The Morgan fingerprint density at radius 2 is 1.45 bits per heavy atom. The van der Waals surface area contributed by atoms with Crippen LogP contribution >= 0.6 is 11.3 Å². The highest BCUT2D eigenvalue weighted by atomic mass is 32.1. The lowest BCUT2D eigenvalue weighted by Gasteiger charge is -2.23. The van der Waals surface area contributed by atoms with E-state index < -0.39 is 5.60 Å². The maximum atomic E-state index is 9.45. The minimum Gasteiger partial charge on any atom is -0.505 e. The van der Waals surface area contributed by atoms with Crippen molar-refractivity contribution in [3.8, 4) is 6.07 Å². The minimum atomic E-state index is -0.816. The number of allylic oxidation sites excluding steroid dienone is 1. The Balaban J connectivity index is 2.06. The normalized spacial score (nSPS) is 15.3. The summed E-state index contributed by atoms with van der Waals surface area (Å²) in [6.07, 6.45) is 17.4. The van der Waals surface area contributed by atoms with Gasteiger partial charge in [0.15, 0.2) is 0 Å². The van der Waals surface area contributed by atoms with E-state index in [4.69, 9.17) is 17.9 Å². The predicted molar refractivity (Wildman–Crippen MR) is 187 cm³/mol. The van der Waals surface area contributed by atoms with E-state index in [0.717, 1.165) is 64.5 Å². The molecule has 0 saturated heterocycles. The van der Waals surface area contributed by atoms with Gasteiger partial charge in [0.2, 0.25) is 5.70 Å². The standard InChI is InChI=1S/C38H46N4OS/c1-9-13-15-30-31(16-14-10-2)35(24-22-32-36(41-8)37(33(27-39)40-7)43-38(32,5)6)44-34(30)23-19-28-17-20-29(21-18-28)42(25-11-3)26-12-4/h17-24H,9-16,25-26H2,1-6H3/b23-19+,24-22+,37-33+. The van der Waals surface area contributed by atoms with Gasteiger partial charge in [0.25, 0.3) is 5.70 Å². The first kappa shape index (κ1) is 34.4. The number of hydrogen-bond acceptors (Lipinski definition) is 4. The van der Waals surface area contributed by atoms with Gasteiger partial charge in [0, 0.05) is 34.1 Å². The highest BCUT2D eigenvalue weighted by Gasteiger charge is 2.38. The molecule has 44 heavy (non-hydrogen) atoms. The second kappa shape index (κ2) is 16.7. The van der Waals surface area contributed by atoms with Crippen molar-refractivity contribution < 1.29 is 4.74 Å². The number of nitriles is 1. The van der Waals surface area contributed by atoms with Crippen molar-refractivity contribution in [1.82, 2.24) is 0 Å². The third-order valence-electron chi connectivity index (χ3n) is 7.83. The number of anilines is 1. The molecule has 0 atom stereocenters. The van der Waals surface area contributed by atoms with Gasteiger partial charge in [0.1, 0.15) is 11.4 Å². The molecule has 1 aliphatic rings. The molecule has 6 heteroatoms. The van der Waals surface area contributed by atoms with E-state index in [1.54, 1.807) is 11.3 Å². The van der Waals surface area contributed by atoms with Crippen LogP contribution in [0.4, 0.5) is 5.69 Å². The average molecular weight is 607 g/mol. The first-order valence-corrected chi connectivity index (χ1v) is 16.8. The third-order valence-corrected chi connectivity index (χ3v) is 9.04. The van der Waals surface area contributed by atoms with Crippen LogP contribution in [0.2, 0.25) is 0 Å². The molecule has 0 fully saturated rings. The summed E-state index contributed by atoms with van der Waals surface area (Å²) >= 11 is 1.80. The molecule has 2 aromatic rings. The topological polar surface area (TPSA) is 45.0 Å². The van der Waals surface area contributed by atoms with Crippen LogP contribution in [-0.4, -0.2) is 18.7 Å². The first-order chi connectivity index (χ1) is 21.3. The van der Waals surface area contributed by atoms with Crippen LogP contribution in [0.5, 0.6) is 0 Å². The van der Waals surface area contributed by atoms with E-state index in [1.807, 2.05) is 26.0 Å². The van der Waals surface area contributed by atoms with Gasteiger partial charge in [0.05, 0.1) is 19.2 Å². The summed E-state index contributed by atoms with van der Waals surface area (Å²) in [6.45, 7) is 30.0. The monoisotopic (exact) mass is 606 g/mol. The number of hydrogen-bond donors (Lipinski definition) is 0. The molecule has 5 nitrogen and oxygen atoms in total. The van der Waals surface area contributed by atoms with Gasteiger partial charge in [-0.3, -0.25) is 0 Å². The van der Waals surface area contributed by atoms with Crippen molar-refractivity contribution in [3.05, 3.63) is 102 Å². The van der Waals surface area contributed by atoms with Gasteiger partial charge in [-0.15, -0.1) is 11.3 Å². The smallest absolute Gasteiger partial charge is 0.292 e. The van der Waals surface area contributed by atoms with Gasteiger partial charge in [-0.25, -0.2) is 15.0 Å². The van der Waals surface area contributed by atoms with Crippen LogP contribution in [0, 0.1) is 24.5 Å². The summed E-state index contributed by atoms with van der Waals surface area (Å²) < 4.78 is 6.01. The molecule has 1 aromatic heterocycles. The molecule has 0 N–H and O–H groups in total. The SMILES string of the molecule is [C-]#[N+]C1=C(/C=C/c2sc(/C=C/c3ccc(N(CCC)CCC)cc3)c(CCCC)c2CCCC)C(C)(C)O/C1=C(\C#N)[N+]#[C-]. The van der Waals surface area contributed by atoms with Crippen molar-refractivity contribution in [2.75, 3.05) is 18.0 Å². The number of ether oxygens (including phenoxy) is 1. The zero-order chi connectivity index (χ0) is 32.1. The first-order valence-electron chi connectivity index (χ1n) is 16.0. The molecule has 0 bridgehead atoms. The maximum absolute atomic E-state index is 9.45. The van der Waals surface area contributed by atoms with E-state index in [1.165, 1.54) is 32.1 Å². The molecule has 230 valence electrons. The Hall–Kier alpha value is -4.05. The van der Waals surface area contributed by atoms with Gasteiger partial charge < -0.3 is 9.64 Å². The minimum absolute atomic E-state index is 0.0883. The molecule has 0 unspecified atom stereocenters. The van der Waals surface area contributed by atoms with Crippen LogP contribution in [0.15, 0.2) is 53.1 Å². The van der Waals surface area contributed by atoms with E-state index in [0.29, 0.717) is 5.57 Å². The summed E-state index contributed by atoms with van der Waals surface area (Å²) in [6, 6.07) is 10.8. The number of benzene rings is 1. The van der Waals surface area contributed by atoms with Gasteiger partial charge in [-0.2, -0.15) is 0 Å². The molecule has 0 saturated carbocycles. The molecular formula is C38H46N4OS. The number of nitrogens with zero attached hydrogens (tertiary/aromatic N) is 4. The largest absolute Gasteiger partial charge is 0.505 e. The van der Waals surface area contributed by atoms with E-state index in [2.05, 4.69) is 84.8 Å². The van der Waals surface area contributed by atoms with E-state index >= 15 is 0 Å². The van der Waals surface area contributed by atoms with Crippen molar-refractivity contribution in [1.29, 1.82) is 5.26 Å². The van der Waals surface area contributed by atoms with Crippen molar-refractivity contribution >= 4 is 35.3 Å². The molecule has 2 heterocycles. The predicted octanol–water partition coefficient (Wildman–Crippen LogP) is 10.9. The lowest BCUT2D eigenvalue weighted by Crippen LogP contribution is -2.24.